The normalized spacial score (nSPS) is 10.3. The van der Waals surface area contributed by atoms with Crippen LogP contribution in [0.5, 0.6) is 0 Å². The number of benzene rings is 2. The van der Waals surface area contributed by atoms with Gasteiger partial charge in [-0.15, -0.1) is 0 Å². The lowest BCUT2D eigenvalue weighted by atomic mass is 10.0. The Labute approximate surface area is 217 Å². The van der Waals surface area contributed by atoms with Crippen LogP contribution in [0.3, 0.4) is 0 Å². The van der Waals surface area contributed by atoms with Crippen molar-refractivity contribution in [1.82, 2.24) is 0 Å². The highest BCUT2D eigenvalue weighted by atomic mass is 16.0. The Morgan fingerprint density at radius 2 is 0.600 bits per heavy atom. The minimum atomic E-state index is 0. The minimum absolute atomic E-state index is 0. The van der Waals surface area contributed by atoms with Crippen LogP contribution in [-0.2, 0) is 12.8 Å². The molecule has 200 valence electrons. The molecular weight excluding hydrogens is 428 g/mol. The van der Waals surface area contributed by atoms with Crippen molar-refractivity contribution in [2.75, 3.05) is 13.1 Å². The molecule has 3 heteroatoms. The van der Waals surface area contributed by atoms with Crippen molar-refractivity contribution < 1.29 is 5.48 Å². The van der Waals surface area contributed by atoms with E-state index in [1.54, 1.807) is 0 Å². The van der Waals surface area contributed by atoms with Crippen molar-refractivity contribution in [3.05, 3.63) is 71.8 Å². The van der Waals surface area contributed by atoms with Gasteiger partial charge < -0.3 is 16.9 Å². The zero-order valence-corrected chi connectivity index (χ0v) is 22.6. The molecule has 0 bridgehead atoms. The van der Waals surface area contributed by atoms with E-state index in [0.717, 1.165) is 13.1 Å². The maximum atomic E-state index is 5.46. The van der Waals surface area contributed by atoms with E-state index in [2.05, 4.69) is 60.7 Å². The summed E-state index contributed by atoms with van der Waals surface area (Å²) >= 11 is 0. The van der Waals surface area contributed by atoms with E-state index >= 15 is 0 Å². The van der Waals surface area contributed by atoms with Gasteiger partial charge in [-0.1, -0.05) is 138 Å². The fraction of sp³-hybridized carbons (Fsp3) is 0.625. The number of unbranched alkanes of at least 4 members (excludes halogenated alkanes) is 14. The first-order valence-corrected chi connectivity index (χ1v) is 14.3. The van der Waals surface area contributed by atoms with Gasteiger partial charge in [0.05, 0.1) is 0 Å². The van der Waals surface area contributed by atoms with Crippen LogP contribution in [0.4, 0.5) is 0 Å². The zero-order chi connectivity index (χ0) is 24.4. The second-order valence-electron chi connectivity index (χ2n) is 9.71. The van der Waals surface area contributed by atoms with Crippen LogP contribution in [-0.4, -0.2) is 18.6 Å². The number of rotatable bonds is 20. The third kappa shape index (κ3) is 22.5. The molecule has 0 fully saturated rings. The fourth-order valence-electron chi connectivity index (χ4n) is 4.36. The number of hydrogen-bond acceptors (Lipinski definition) is 2. The molecule has 2 rings (SSSR count). The van der Waals surface area contributed by atoms with Gasteiger partial charge in [-0.3, -0.25) is 0 Å². The monoisotopic (exact) mass is 484 g/mol. The van der Waals surface area contributed by atoms with Crippen molar-refractivity contribution in [3.8, 4) is 0 Å². The second-order valence-corrected chi connectivity index (χ2v) is 9.71. The molecule has 0 radical (unpaired) electrons. The Morgan fingerprint density at radius 3 is 0.886 bits per heavy atom. The van der Waals surface area contributed by atoms with Crippen LogP contribution in [0.15, 0.2) is 60.7 Å². The first-order valence-electron chi connectivity index (χ1n) is 14.3. The first kappa shape index (κ1) is 33.3. The maximum Gasteiger partial charge on any atom is -0.00773 e. The van der Waals surface area contributed by atoms with Gasteiger partial charge in [0.2, 0.25) is 0 Å². The van der Waals surface area contributed by atoms with Crippen LogP contribution in [0, 0.1) is 0 Å². The van der Waals surface area contributed by atoms with Crippen LogP contribution >= 0.6 is 0 Å². The fourth-order valence-corrected chi connectivity index (χ4v) is 4.36. The largest absolute Gasteiger partial charge is 0.412 e. The summed E-state index contributed by atoms with van der Waals surface area (Å²) in [7, 11) is 0. The predicted octanol–water partition coefficient (Wildman–Crippen LogP) is 7.79. The molecule has 35 heavy (non-hydrogen) atoms. The van der Waals surface area contributed by atoms with Gasteiger partial charge in [0.15, 0.2) is 0 Å². The number of hydrogen-bond donors (Lipinski definition) is 2. The lowest BCUT2D eigenvalue weighted by molar-refractivity contribution is 0.570. The maximum absolute atomic E-state index is 5.46. The molecular formula is C32H56N2O. The third-order valence-corrected chi connectivity index (χ3v) is 6.52. The van der Waals surface area contributed by atoms with Gasteiger partial charge in [0, 0.05) is 0 Å². The van der Waals surface area contributed by atoms with Crippen LogP contribution in [0.2, 0.25) is 0 Å². The summed E-state index contributed by atoms with van der Waals surface area (Å²) in [5, 5.41) is 0. The van der Waals surface area contributed by atoms with E-state index in [9.17, 15) is 0 Å². The lowest BCUT2D eigenvalue weighted by Gasteiger charge is -2.02. The first-order chi connectivity index (χ1) is 16.9. The molecule has 0 amide bonds. The lowest BCUT2D eigenvalue weighted by Crippen LogP contribution is -1.97. The molecule has 6 N–H and O–H groups in total. The van der Waals surface area contributed by atoms with E-state index in [1.165, 1.54) is 127 Å². The van der Waals surface area contributed by atoms with Crippen LogP contribution in [0.25, 0.3) is 0 Å². The third-order valence-electron chi connectivity index (χ3n) is 6.52. The topological polar surface area (TPSA) is 83.5 Å². The molecule has 2 aromatic rings. The van der Waals surface area contributed by atoms with Crippen molar-refractivity contribution in [2.45, 2.75) is 116 Å². The molecule has 0 atom stereocenters. The van der Waals surface area contributed by atoms with Crippen LogP contribution < -0.4 is 11.5 Å². The Hall–Kier alpha value is -1.68. The smallest absolute Gasteiger partial charge is 0.00773 e. The van der Waals surface area contributed by atoms with Crippen molar-refractivity contribution in [3.63, 3.8) is 0 Å². The predicted molar refractivity (Wildman–Crippen MR) is 156 cm³/mol. The standard InChI is InChI=1S/2C16H27N.H2O/c2*17-15-11-6-4-2-1-3-5-8-12-16-13-9-7-10-14-16;/h2*7,9-10,13-14H,1-6,8,11-12,15,17H2;1H2. The van der Waals surface area contributed by atoms with E-state index in [1.807, 2.05) is 0 Å². The highest BCUT2D eigenvalue weighted by molar-refractivity contribution is 5.15. The molecule has 0 saturated carbocycles. The van der Waals surface area contributed by atoms with E-state index in [4.69, 9.17) is 11.5 Å². The highest BCUT2D eigenvalue weighted by Gasteiger charge is 1.95. The Bertz CT molecular complexity index is 575. The molecule has 2 aromatic carbocycles. The molecule has 0 aromatic heterocycles. The zero-order valence-electron chi connectivity index (χ0n) is 22.6. The van der Waals surface area contributed by atoms with Gasteiger partial charge in [0.25, 0.3) is 0 Å². The van der Waals surface area contributed by atoms with E-state index in [-0.39, 0.29) is 5.48 Å². The van der Waals surface area contributed by atoms with E-state index in [0.29, 0.717) is 0 Å². The Kier molecular flexibility index (Phi) is 25.6. The Morgan fingerprint density at radius 1 is 0.343 bits per heavy atom. The van der Waals surface area contributed by atoms with Crippen molar-refractivity contribution in [1.29, 1.82) is 0 Å². The SMILES string of the molecule is NCCCCCCCCCCc1ccccc1.NCCCCCCCCCCc1ccccc1.O. The van der Waals surface area contributed by atoms with Gasteiger partial charge in [0.1, 0.15) is 0 Å². The van der Waals surface area contributed by atoms with Gasteiger partial charge in [-0.2, -0.15) is 0 Å². The molecule has 0 aliphatic carbocycles. The summed E-state index contributed by atoms with van der Waals surface area (Å²) in [6.45, 7) is 1.72. The second kappa shape index (κ2) is 26.9. The molecule has 0 aliphatic rings. The molecule has 3 nitrogen and oxygen atoms in total. The summed E-state index contributed by atoms with van der Waals surface area (Å²) in [6, 6.07) is 21.6. The molecule has 0 unspecified atom stereocenters. The highest BCUT2D eigenvalue weighted by Crippen LogP contribution is 2.12. The van der Waals surface area contributed by atoms with Crippen molar-refractivity contribution in [2.24, 2.45) is 11.5 Å². The van der Waals surface area contributed by atoms with Crippen molar-refractivity contribution >= 4 is 0 Å². The van der Waals surface area contributed by atoms with Gasteiger partial charge in [-0.05, 0) is 62.7 Å². The van der Waals surface area contributed by atoms with Crippen LogP contribution in [0.1, 0.15) is 114 Å². The van der Waals surface area contributed by atoms with Gasteiger partial charge >= 0.3 is 0 Å². The summed E-state index contributed by atoms with van der Waals surface area (Å²) in [6.07, 6.45) is 24.1. The minimum Gasteiger partial charge on any atom is -0.412 e. The molecule has 0 spiro atoms. The summed E-state index contributed by atoms with van der Waals surface area (Å²) in [5.74, 6) is 0. The quantitative estimate of drug-likeness (QED) is 0.188. The summed E-state index contributed by atoms with van der Waals surface area (Å²) in [4.78, 5) is 0. The summed E-state index contributed by atoms with van der Waals surface area (Å²) in [5.41, 5.74) is 13.9. The molecule has 0 heterocycles. The molecule has 0 aliphatic heterocycles. The average molecular weight is 485 g/mol. The molecule has 0 saturated heterocycles. The van der Waals surface area contributed by atoms with Gasteiger partial charge in [-0.25, -0.2) is 0 Å². The number of aryl methyl sites for hydroxylation is 2. The summed E-state index contributed by atoms with van der Waals surface area (Å²) < 4.78 is 0. The number of nitrogens with two attached hydrogens (primary N) is 2. The Balaban J connectivity index is 0.000000642. The average Bonchev–Trinajstić information content (AvgIpc) is 2.88. The van der Waals surface area contributed by atoms with E-state index < -0.39 is 0 Å².